The van der Waals surface area contributed by atoms with Crippen molar-refractivity contribution in [3.05, 3.63) is 42.1 Å². The molecular formula is C17H18N2O3. The third-order valence-corrected chi connectivity index (χ3v) is 3.88. The lowest BCUT2D eigenvalue weighted by Crippen LogP contribution is -2.37. The summed E-state index contributed by atoms with van der Waals surface area (Å²) in [4.78, 5) is 29.9. The summed E-state index contributed by atoms with van der Waals surface area (Å²) in [6.07, 6.45) is 4.27. The molecule has 1 aromatic heterocycles. The van der Waals surface area contributed by atoms with Crippen LogP contribution in [-0.4, -0.2) is 41.5 Å². The Hall–Kier alpha value is -2.43. The number of esters is 1. The molecule has 1 aliphatic rings. The van der Waals surface area contributed by atoms with Gasteiger partial charge in [0, 0.05) is 24.5 Å². The van der Waals surface area contributed by atoms with Gasteiger partial charge in [-0.1, -0.05) is 12.1 Å². The molecule has 3 rings (SSSR count). The maximum Gasteiger partial charge on any atom is 0.338 e. The first kappa shape index (κ1) is 14.5. The number of hydrogen-bond acceptors (Lipinski definition) is 4. The minimum absolute atomic E-state index is 0.150. The lowest BCUT2D eigenvalue weighted by molar-refractivity contribution is -0.133. The Morgan fingerprint density at radius 3 is 3.00 bits per heavy atom. The second kappa shape index (κ2) is 6.56. The molecular weight excluding hydrogens is 280 g/mol. The number of carbonyl (C=O) groups is 2. The Morgan fingerprint density at radius 2 is 2.14 bits per heavy atom. The number of amides is 1. The number of benzene rings is 1. The fourth-order valence-electron chi connectivity index (χ4n) is 2.71. The lowest BCUT2D eigenvalue weighted by atomic mass is 10.1. The van der Waals surface area contributed by atoms with Crippen molar-refractivity contribution in [2.45, 2.75) is 19.3 Å². The molecule has 1 aromatic carbocycles. The van der Waals surface area contributed by atoms with Crippen molar-refractivity contribution in [2.24, 2.45) is 0 Å². The maximum atomic E-state index is 12.2. The van der Waals surface area contributed by atoms with E-state index in [4.69, 9.17) is 4.74 Å². The molecule has 1 fully saturated rings. The number of fused-ring (bicyclic) bond motifs is 1. The highest BCUT2D eigenvalue weighted by atomic mass is 16.5. The van der Waals surface area contributed by atoms with Crippen molar-refractivity contribution in [1.29, 1.82) is 0 Å². The van der Waals surface area contributed by atoms with Gasteiger partial charge in [0.05, 0.1) is 17.6 Å². The molecule has 2 aromatic rings. The SMILES string of the molecule is O=C(OCCN1CCCCC1=O)c1cccc2ncccc12. The van der Waals surface area contributed by atoms with E-state index in [-0.39, 0.29) is 18.5 Å². The zero-order valence-corrected chi connectivity index (χ0v) is 12.3. The zero-order valence-electron chi connectivity index (χ0n) is 12.3. The molecule has 0 N–H and O–H groups in total. The second-order valence-corrected chi connectivity index (χ2v) is 5.35. The highest BCUT2D eigenvalue weighted by Crippen LogP contribution is 2.17. The molecule has 1 saturated heterocycles. The van der Waals surface area contributed by atoms with E-state index >= 15 is 0 Å². The number of pyridine rings is 1. The zero-order chi connectivity index (χ0) is 15.4. The Kier molecular flexibility index (Phi) is 4.32. The van der Waals surface area contributed by atoms with Gasteiger partial charge in [0.2, 0.25) is 5.91 Å². The van der Waals surface area contributed by atoms with E-state index in [0.717, 1.165) is 30.3 Å². The second-order valence-electron chi connectivity index (χ2n) is 5.35. The predicted molar refractivity (Wildman–Crippen MR) is 82.5 cm³/mol. The topological polar surface area (TPSA) is 59.5 Å². The molecule has 0 spiro atoms. The quantitative estimate of drug-likeness (QED) is 0.813. The number of nitrogens with zero attached hydrogens (tertiary/aromatic N) is 2. The highest BCUT2D eigenvalue weighted by molar-refractivity contribution is 6.03. The fourth-order valence-corrected chi connectivity index (χ4v) is 2.71. The van der Waals surface area contributed by atoms with Crippen molar-refractivity contribution in [3.63, 3.8) is 0 Å². The van der Waals surface area contributed by atoms with Gasteiger partial charge in [-0.05, 0) is 31.0 Å². The van der Waals surface area contributed by atoms with Crippen LogP contribution in [0.1, 0.15) is 29.6 Å². The van der Waals surface area contributed by atoms with Crippen LogP contribution in [-0.2, 0) is 9.53 Å². The Labute approximate surface area is 128 Å². The average Bonchev–Trinajstić information content (AvgIpc) is 2.56. The first-order valence-electron chi connectivity index (χ1n) is 7.54. The van der Waals surface area contributed by atoms with Crippen molar-refractivity contribution >= 4 is 22.8 Å². The molecule has 114 valence electrons. The van der Waals surface area contributed by atoms with E-state index in [2.05, 4.69) is 4.98 Å². The maximum absolute atomic E-state index is 12.2. The first-order chi connectivity index (χ1) is 10.8. The average molecular weight is 298 g/mol. The van der Waals surface area contributed by atoms with Crippen molar-refractivity contribution in [3.8, 4) is 0 Å². The third kappa shape index (κ3) is 3.08. The number of aromatic nitrogens is 1. The minimum atomic E-state index is -0.372. The van der Waals surface area contributed by atoms with Gasteiger partial charge in [0.15, 0.2) is 0 Å². The number of rotatable bonds is 4. The van der Waals surface area contributed by atoms with Crippen LogP contribution in [0, 0.1) is 0 Å². The van der Waals surface area contributed by atoms with E-state index in [9.17, 15) is 9.59 Å². The van der Waals surface area contributed by atoms with Crippen LogP contribution in [0.5, 0.6) is 0 Å². The number of carbonyl (C=O) groups excluding carboxylic acids is 2. The summed E-state index contributed by atoms with van der Waals surface area (Å²) in [5.74, 6) is -0.222. The molecule has 5 heteroatoms. The fraction of sp³-hybridized carbons (Fsp3) is 0.353. The molecule has 22 heavy (non-hydrogen) atoms. The van der Waals surface area contributed by atoms with Gasteiger partial charge < -0.3 is 9.64 Å². The molecule has 0 atom stereocenters. The van der Waals surface area contributed by atoms with Crippen LogP contribution < -0.4 is 0 Å². The smallest absolute Gasteiger partial charge is 0.338 e. The first-order valence-corrected chi connectivity index (χ1v) is 7.54. The van der Waals surface area contributed by atoms with Crippen molar-refractivity contribution < 1.29 is 14.3 Å². The Morgan fingerprint density at radius 1 is 1.23 bits per heavy atom. The van der Waals surface area contributed by atoms with Crippen molar-refractivity contribution in [2.75, 3.05) is 19.7 Å². The summed E-state index contributed by atoms with van der Waals surface area (Å²) < 4.78 is 5.33. The molecule has 0 bridgehead atoms. The van der Waals surface area contributed by atoms with E-state index in [1.165, 1.54) is 0 Å². The summed E-state index contributed by atoms with van der Waals surface area (Å²) in [6, 6.07) is 9.04. The normalized spacial score (nSPS) is 15.1. The monoisotopic (exact) mass is 298 g/mol. The molecule has 0 aliphatic carbocycles. The molecule has 1 amide bonds. The highest BCUT2D eigenvalue weighted by Gasteiger charge is 2.18. The van der Waals surface area contributed by atoms with Crippen LogP contribution >= 0.6 is 0 Å². The lowest BCUT2D eigenvalue weighted by Gasteiger charge is -2.26. The molecule has 5 nitrogen and oxygen atoms in total. The van der Waals surface area contributed by atoms with Crippen LogP contribution in [0.15, 0.2) is 36.5 Å². The van der Waals surface area contributed by atoms with Gasteiger partial charge in [0.25, 0.3) is 0 Å². The number of piperidine rings is 1. The van der Waals surface area contributed by atoms with Crippen LogP contribution in [0.25, 0.3) is 10.9 Å². The summed E-state index contributed by atoms with van der Waals surface area (Å²) >= 11 is 0. The van der Waals surface area contributed by atoms with Gasteiger partial charge in [-0.2, -0.15) is 0 Å². The number of ether oxygens (including phenoxy) is 1. The Bertz CT molecular complexity index is 694. The van der Waals surface area contributed by atoms with Gasteiger partial charge in [-0.15, -0.1) is 0 Å². The van der Waals surface area contributed by atoms with Gasteiger partial charge in [-0.25, -0.2) is 4.79 Å². The standard InChI is InChI=1S/C17H18N2O3/c20-16-8-1-2-10-19(16)11-12-22-17(21)14-5-3-7-15-13(14)6-4-9-18-15/h3-7,9H,1-2,8,10-12H2. The number of hydrogen-bond donors (Lipinski definition) is 0. The Balaban J connectivity index is 1.63. The van der Waals surface area contributed by atoms with Crippen LogP contribution in [0.3, 0.4) is 0 Å². The summed E-state index contributed by atoms with van der Waals surface area (Å²) in [5.41, 5.74) is 1.28. The molecule has 0 unspecified atom stereocenters. The minimum Gasteiger partial charge on any atom is -0.460 e. The number of likely N-dealkylation sites (tertiary alicyclic amines) is 1. The summed E-state index contributed by atoms with van der Waals surface area (Å²) in [7, 11) is 0. The molecule has 0 radical (unpaired) electrons. The van der Waals surface area contributed by atoms with Gasteiger partial charge >= 0.3 is 5.97 Å². The van der Waals surface area contributed by atoms with Crippen LogP contribution in [0.4, 0.5) is 0 Å². The van der Waals surface area contributed by atoms with Crippen LogP contribution in [0.2, 0.25) is 0 Å². The predicted octanol–water partition coefficient (Wildman–Crippen LogP) is 2.40. The molecule has 2 heterocycles. The third-order valence-electron chi connectivity index (χ3n) is 3.88. The summed E-state index contributed by atoms with van der Waals surface area (Å²) in [5, 5.41) is 0.782. The van der Waals surface area contributed by atoms with E-state index < -0.39 is 0 Å². The molecule has 0 saturated carbocycles. The molecule has 1 aliphatic heterocycles. The summed E-state index contributed by atoms with van der Waals surface area (Å²) in [6.45, 7) is 1.45. The van der Waals surface area contributed by atoms with Gasteiger partial charge in [0.1, 0.15) is 6.61 Å². The largest absolute Gasteiger partial charge is 0.460 e. The van der Waals surface area contributed by atoms with E-state index in [0.29, 0.717) is 18.5 Å². The van der Waals surface area contributed by atoms with E-state index in [1.54, 1.807) is 29.3 Å². The van der Waals surface area contributed by atoms with Crippen molar-refractivity contribution in [1.82, 2.24) is 9.88 Å². The van der Waals surface area contributed by atoms with Gasteiger partial charge in [-0.3, -0.25) is 9.78 Å². The van der Waals surface area contributed by atoms with E-state index in [1.807, 2.05) is 12.1 Å².